The first kappa shape index (κ1) is 14.3. The van der Waals surface area contributed by atoms with Gasteiger partial charge in [-0.15, -0.1) is 0 Å². The highest BCUT2D eigenvalue weighted by atomic mass is 79.9. The van der Waals surface area contributed by atoms with Crippen molar-refractivity contribution in [1.82, 2.24) is 15.3 Å². The zero-order valence-electron chi connectivity index (χ0n) is 11.6. The minimum absolute atomic E-state index is 0.121. The highest BCUT2D eigenvalue weighted by Crippen LogP contribution is 2.14. The Morgan fingerprint density at radius 1 is 1.32 bits per heavy atom. The Morgan fingerprint density at radius 3 is 2.79 bits per heavy atom. The van der Waals surface area contributed by atoms with Crippen molar-refractivity contribution in [3.05, 3.63) is 52.0 Å². The van der Waals surface area contributed by atoms with Crippen LogP contribution in [-0.2, 0) is 13.0 Å². The Labute approximate surface area is 123 Å². The van der Waals surface area contributed by atoms with Gasteiger partial charge in [0.05, 0.1) is 0 Å². The zero-order chi connectivity index (χ0) is 13.9. The van der Waals surface area contributed by atoms with Gasteiger partial charge in [0.25, 0.3) is 0 Å². The molecule has 0 spiro atoms. The van der Waals surface area contributed by atoms with E-state index in [-0.39, 0.29) is 5.54 Å². The van der Waals surface area contributed by atoms with Crippen molar-refractivity contribution in [2.45, 2.75) is 39.3 Å². The Hall–Kier alpha value is -1.13. The van der Waals surface area contributed by atoms with Gasteiger partial charge in [-0.2, -0.15) is 0 Å². The van der Waals surface area contributed by atoms with Gasteiger partial charge in [0.15, 0.2) is 0 Å². The van der Waals surface area contributed by atoms with Crippen LogP contribution in [0.3, 0.4) is 0 Å². The molecule has 19 heavy (non-hydrogen) atoms. The molecule has 0 radical (unpaired) electrons. The number of hydrogen-bond acceptors (Lipinski definition) is 2. The third-order valence-corrected chi connectivity index (χ3v) is 3.24. The van der Waals surface area contributed by atoms with Gasteiger partial charge >= 0.3 is 0 Å². The standard InChI is InChI=1S/C15H20BrN3/c1-15(2,3)18-10-13-9-17-14(19-13)8-11-5-4-6-12(16)7-11/h4-7,9,18H,8,10H2,1-3H3,(H,17,19). The van der Waals surface area contributed by atoms with Crippen molar-refractivity contribution < 1.29 is 0 Å². The van der Waals surface area contributed by atoms with Gasteiger partial charge in [-0.05, 0) is 38.5 Å². The van der Waals surface area contributed by atoms with Crippen LogP contribution in [0.2, 0.25) is 0 Å². The Balaban J connectivity index is 1.97. The van der Waals surface area contributed by atoms with Crippen molar-refractivity contribution in [2.75, 3.05) is 0 Å². The molecule has 0 fully saturated rings. The molecule has 1 heterocycles. The SMILES string of the molecule is CC(C)(C)NCc1cnc(Cc2cccc(Br)c2)[nH]1. The number of halogens is 1. The van der Waals surface area contributed by atoms with E-state index in [1.165, 1.54) is 5.56 Å². The van der Waals surface area contributed by atoms with Crippen LogP contribution < -0.4 is 5.32 Å². The molecule has 4 heteroatoms. The average molecular weight is 322 g/mol. The first-order valence-electron chi connectivity index (χ1n) is 6.45. The van der Waals surface area contributed by atoms with Gasteiger partial charge in [-0.3, -0.25) is 0 Å². The highest BCUT2D eigenvalue weighted by molar-refractivity contribution is 9.10. The van der Waals surface area contributed by atoms with Gasteiger partial charge in [0.2, 0.25) is 0 Å². The van der Waals surface area contributed by atoms with Crippen LogP contribution in [0.25, 0.3) is 0 Å². The molecule has 1 aromatic carbocycles. The first-order valence-corrected chi connectivity index (χ1v) is 7.24. The predicted octanol–water partition coefficient (Wildman–Crippen LogP) is 3.65. The van der Waals surface area contributed by atoms with Gasteiger partial charge < -0.3 is 10.3 Å². The van der Waals surface area contributed by atoms with E-state index < -0.39 is 0 Å². The summed E-state index contributed by atoms with van der Waals surface area (Å²) in [6.07, 6.45) is 2.74. The smallest absolute Gasteiger partial charge is 0.110 e. The second-order valence-electron chi connectivity index (χ2n) is 5.77. The summed E-state index contributed by atoms with van der Waals surface area (Å²) in [7, 11) is 0. The maximum atomic E-state index is 4.43. The molecule has 0 atom stereocenters. The Morgan fingerprint density at radius 2 is 2.11 bits per heavy atom. The molecule has 1 aromatic heterocycles. The van der Waals surface area contributed by atoms with Gasteiger partial charge in [0, 0.05) is 34.9 Å². The number of aromatic amines is 1. The van der Waals surface area contributed by atoms with Crippen molar-refractivity contribution in [1.29, 1.82) is 0 Å². The lowest BCUT2D eigenvalue weighted by Gasteiger charge is -2.19. The fourth-order valence-electron chi connectivity index (χ4n) is 1.79. The number of rotatable bonds is 4. The summed E-state index contributed by atoms with van der Waals surface area (Å²) in [5, 5.41) is 3.45. The van der Waals surface area contributed by atoms with Gasteiger partial charge in [0.1, 0.15) is 5.82 Å². The lowest BCUT2D eigenvalue weighted by atomic mass is 10.1. The van der Waals surface area contributed by atoms with Crippen LogP contribution in [-0.4, -0.2) is 15.5 Å². The maximum absolute atomic E-state index is 4.43. The summed E-state index contributed by atoms with van der Waals surface area (Å²) in [6, 6.07) is 8.31. The minimum Gasteiger partial charge on any atom is -0.345 e. The molecular formula is C15H20BrN3. The van der Waals surface area contributed by atoms with Crippen LogP contribution in [0.15, 0.2) is 34.9 Å². The molecule has 0 saturated carbocycles. The topological polar surface area (TPSA) is 40.7 Å². The molecule has 0 saturated heterocycles. The summed E-state index contributed by atoms with van der Waals surface area (Å²) < 4.78 is 1.10. The predicted molar refractivity (Wildman–Crippen MR) is 82.1 cm³/mol. The van der Waals surface area contributed by atoms with E-state index in [0.717, 1.165) is 29.0 Å². The molecule has 0 unspecified atom stereocenters. The Kier molecular flexibility index (Phi) is 4.42. The zero-order valence-corrected chi connectivity index (χ0v) is 13.2. The second kappa shape index (κ2) is 5.88. The number of hydrogen-bond donors (Lipinski definition) is 2. The Bertz CT molecular complexity index is 540. The number of aromatic nitrogens is 2. The second-order valence-corrected chi connectivity index (χ2v) is 6.68. The summed E-state index contributed by atoms with van der Waals surface area (Å²) in [4.78, 5) is 7.80. The molecular weight excluding hydrogens is 302 g/mol. The molecule has 102 valence electrons. The summed E-state index contributed by atoms with van der Waals surface area (Å²) in [6.45, 7) is 7.29. The molecule has 0 aliphatic heterocycles. The van der Waals surface area contributed by atoms with Crippen molar-refractivity contribution in [3.8, 4) is 0 Å². The van der Waals surface area contributed by atoms with Gasteiger partial charge in [-0.25, -0.2) is 4.98 Å². The quantitative estimate of drug-likeness (QED) is 0.902. The molecule has 2 N–H and O–H groups in total. The van der Waals surface area contributed by atoms with Crippen LogP contribution in [0.4, 0.5) is 0 Å². The lowest BCUT2D eigenvalue weighted by molar-refractivity contribution is 0.421. The number of nitrogens with zero attached hydrogens (tertiary/aromatic N) is 1. The largest absolute Gasteiger partial charge is 0.345 e. The minimum atomic E-state index is 0.121. The van der Waals surface area contributed by atoms with E-state index in [1.54, 1.807) is 0 Å². The summed E-state index contributed by atoms with van der Waals surface area (Å²) in [5.74, 6) is 1.00. The molecule has 0 amide bonds. The van der Waals surface area contributed by atoms with Crippen LogP contribution in [0, 0.1) is 0 Å². The lowest BCUT2D eigenvalue weighted by Crippen LogP contribution is -2.35. The fraction of sp³-hybridized carbons (Fsp3) is 0.400. The van der Waals surface area contributed by atoms with Gasteiger partial charge in [-0.1, -0.05) is 28.1 Å². The van der Waals surface area contributed by atoms with E-state index in [9.17, 15) is 0 Å². The highest BCUT2D eigenvalue weighted by Gasteiger charge is 2.09. The fourth-order valence-corrected chi connectivity index (χ4v) is 2.23. The molecule has 2 aromatic rings. The molecule has 2 rings (SSSR count). The van der Waals surface area contributed by atoms with E-state index in [4.69, 9.17) is 0 Å². The molecule has 0 bridgehead atoms. The molecule has 0 aliphatic rings. The van der Waals surface area contributed by atoms with E-state index in [2.05, 4.69) is 64.1 Å². The van der Waals surface area contributed by atoms with Crippen LogP contribution in [0.5, 0.6) is 0 Å². The van der Waals surface area contributed by atoms with Crippen molar-refractivity contribution in [2.24, 2.45) is 0 Å². The summed E-state index contributed by atoms with van der Waals surface area (Å²) in [5.41, 5.74) is 2.49. The number of H-pyrrole nitrogens is 1. The van der Waals surface area contributed by atoms with E-state index >= 15 is 0 Å². The maximum Gasteiger partial charge on any atom is 0.110 e. The number of nitrogens with one attached hydrogen (secondary N) is 2. The number of benzene rings is 1. The van der Waals surface area contributed by atoms with E-state index in [1.807, 2.05) is 18.3 Å². The number of imidazole rings is 1. The van der Waals surface area contributed by atoms with Crippen LogP contribution in [0.1, 0.15) is 37.9 Å². The molecule has 3 nitrogen and oxygen atoms in total. The van der Waals surface area contributed by atoms with E-state index in [0.29, 0.717) is 0 Å². The normalized spacial score (nSPS) is 11.8. The average Bonchev–Trinajstić information content (AvgIpc) is 2.73. The first-order chi connectivity index (χ1) is 8.92. The monoisotopic (exact) mass is 321 g/mol. The summed E-state index contributed by atoms with van der Waals surface area (Å²) >= 11 is 3.49. The van der Waals surface area contributed by atoms with Crippen molar-refractivity contribution in [3.63, 3.8) is 0 Å². The van der Waals surface area contributed by atoms with Crippen molar-refractivity contribution >= 4 is 15.9 Å². The molecule has 0 aliphatic carbocycles. The third-order valence-electron chi connectivity index (χ3n) is 2.75. The van der Waals surface area contributed by atoms with Crippen LogP contribution >= 0.6 is 15.9 Å². The third kappa shape index (κ3) is 4.80.